The van der Waals surface area contributed by atoms with Gasteiger partial charge in [-0.2, -0.15) is 0 Å². The Morgan fingerprint density at radius 3 is 2.57 bits per heavy atom. The number of hydrogen-bond donors (Lipinski definition) is 2. The number of aromatic carboxylic acids is 1. The van der Waals surface area contributed by atoms with E-state index in [-0.39, 0.29) is 16.2 Å². The lowest BCUT2D eigenvalue weighted by Crippen LogP contribution is -2.01. The Bertz CT molecular complexity index is 391. The highest BCUT2D eigenvalue weighted by Crippen LogP contribution is 2.22. The normalized spacial score (nSPS) is 9.79. The summed E-state index contributed by atoms with van der Waals surface area (Å²) in [5.41, 5.74) is 0.411. The predicted molar refractivity (Wildman–Crippen MR) is 51.1 cm³/mol. The summed E-state index contributed by atoms with van der Waals surface area (Å²) in [5.74, 6) is -1.14. The average Bonchev–Trinajstić information content (AvgIpc) is 2.16. The highest BCUT2D eigenvalue weighted by molar-refractivity contribution is 9.08. The molecule has 0 atom stereocenters. The largest absolute Gasteiger partial charge is 0.478 e. The van der Waals surface area contributed by atoms with Crippen molar-refractivity contribution >= 4 is 27.6 Å². The number of halogens is 1. The van der Waals surface area contributed by atoms with Gasteiger partial charge >= 0.3 is 11.7 Å². The molecule has 1 aromatic carbocycles. The van der Waals surface area contributed by atoms with E-state index in [1.807, 2.05) is 0 Å². The third-order valence-electron chi connectivity index (χ3n) is 1.68. The number of rotatable bonds is 3. The van der Waals surface area contributed by atoms with Crippen molar-refractivity contribution in [2.24, 2.45) is 0 Å². The Kier molecular flexibility index (Phi) is 3.19. The van der Waals surface area contributed by atoms with E-state index < -0.39 is 5.97 Å². The quantitative estimate of drug-likeness (QED) is 0.645. The van der Waals surface area contributed by atoms with Gasteiger partial charge in [0.25, 0.3) is 4.92 Å². The molecule has 5 nitrogen and oxygen atoms in total. The Morgan fingerprint density at radius 2 is 2.14 bits per heavy atom. The molecule has 14 heavy (non-hydrogen) atoms. The molecule has 2 N–H and O–H groups in total. The van der Waals surface area contributed by atoms with Crippen molar-refractivity contribution in [1.29, 1.82) is 0 Å². The van der Waals surface area contributed by atoms with Crippen LogP contribution in [0.5, 0.6) is 0 Å². The third kappa shape index (κ3) is 2.08. The van der Waals surface area contributed by atoms with Crippen molar-refractivity contribution in [3.63, 3.8) is 0 Å². The maximum atomic E-state index is 10.7. The number of carbonyl (C=O) groups is 1. The van der Waals surface area contributed by atoms with Gasteiger partial charge in [-0.25, -0.2) is 10.0 Å². The molecule has 0 aliphatic rings. The second kappa shape index (κ2) is 4.19. The number of hydrogen-bond acceptors (Lipinski definition) is 2. The maximum Gasteiger partial charge on any atom is 0.335 e. The molecular formula is C8H7BrNO4+. The summed E-state index contributed by atoms with van der Waals surface area (Å²) in [6.07, 6.45) is 0. The van der Waals surface area contributed by atoms with Gasteiger partial charge in [-0.15, -0.1) is 0 Å². The van der Waals surface area contributed by atoms with Gasteiger partial charge in [-0.1, -0.05) is 22.0 Å². The fourth-order valence-corrected chi connectivity index (χ4v) is 1.46. The molecular weight excluding hydrogens is 254 g/mol. The first-order chi connectivity index (χ1) is 6.56. The summed E-state index contributed by atoms with van der Waals surface area (Å²) in [6, 6.07) is 3.95. The number of alkyl halides is 1. The average molecular weight is 261 g/mol. The third-order valence-corrected chi connectivity index (χ3v) is 2.29. The summed E-state index contributed by atoms with van der Waals surface area (Å²) in [7, 11) is 0. The van der Waals surface area contributed by atoms with Gasteiger partial charge in [0.2, 0.25) is 0 Å². The van der Waals surface area contributed by atoms with E-state index in [2.05, 4.69) is 15.9 Å². The molecule has 0 aliphatic heterocycles. The Balaban J connectivity index is 3.27. The second-order valence-electron chi connectivity index (χ2n) is 2.56. The van der Waals surface area contributed by atoms with Gasteiger partial charge in [-0.3, -0.25) is 0 Å². The van der Waals surface area contributed by atoms with Crippen molar-refractivity contribution in [3.8, 4) is 0 Å². The molecule has 0 amide bonds. The molecule has 0 radical (unpaired) electrons. The predicted octanol–water partition coefficient (Wildman–Crippen LogP) is 2.08. The van der Waals surface area contributed by atoms with Crippen LogP contribution >= 0.6 is 15.9 Å². The maximum absolute atomic E-state index is 10.7. The highest BCUT2D eigenvalue weighted by Gasteiger charge is 2.20. The first kappa shape index (κ1) is 10.6. The van der Waals surface area contributed by atoms with Crippen LogP contribution in [0, 0.1) is 4.91 Å². The van der Waals surface area contributed by atoms with Crippen molar-refractivity contribution < 1.29 is 20.0 Å². The first-order valence-electron chi connectivity index (χ1n) is 3.64. The van der Waals surface area contributed by atoms with E-state index in [0.29, 0.717) is 10.9 Å². The lowest BCUT2D eigenvalue weighted by molar-refractivity contribution is -0.730. The summed E-state index contributed by atoms with van der Waals surface area (Å²) in [6.45, 7) is 0. The van der Waals surface area contributed by atoms with Crippen LogP contribution in [0.4, 0.5) is 5.69 Å². The topological polar surface area (TPSA) is 77.6 Å². The van der Waals surface area contributed by atoms with Crippen LogP contribution in [0.1, 0.15) is 15.9 Å². The molecule has 0 fully saturated rings. The van der Waals surface area contributed by atoms with Gasteiger partial charge in [0.15, 0.2) is 0 Å². The standard InChI is InChI=1S/C8H6BrNO4/c9-4-6-2-1-5(8(11)12)3-7(6)10(13)14/h1-3H,4H2,(H-,11,12,13,14)/p+1. The minimum absolute atomic E-state index is 0.0420. The number of carboxylic acids is 1. The minimum atomic E-state index is -1.14. The van der Waals surface area contributed by atoms with Crippen LogP contribution in [0.25, 0.3) is 0 Å². The van der Waals surface area contributed by atoms with Crippen LogP contribution in [-0.4, -0.2) is 21.2 Å². The lowest BCUT2D eigenvalue weighted by Gasteiger charge is -1.96. The van der Waals surface area contributed by atoms with E-state index >= 15 is 0 Å². The zero-order valence-electron chi connectivity index (χ0n) is 6.98. The molecule has 0 aliphatic carbocycles. The van der Waals surface area contributed by atoms with Gasteiger partial charge in [0, 0.05) is 17.0 Å². The Morgan fingerprint density at radius 1 is 1.50 bits per heavy atom. The van der Waals surface area contributed by atoms with Crippen molar-refractivity contribution in [2.75, 3.05) is 0 Å². The summed E-state index contributed by atoms with van der Waals surface area (Å²) in [5, 5.41) is 17.7. The lowest BCUT2D eigenvalue weighted by atomic mass is 10.1. The van der Waals surface area contributed by atoms with Gasteiger partial charge in [0.1, 0.15) is 0 Å². The first-order valence-corrected chi connectivity index (χ1v) is 4.76. The van der Waals surface area contributed by atoms with Crippen molar-refractivity contribution in [3.05, 3.63) is 34.2 Å². The smallest absolute Gasteiger partial charge is 0.335 e. The summed E-state index contributed by atoms with van der Waals surface area (Å²) in [4.78, 5) is 20.9. The number of carboxylic acid groups (broad SMARTS) is 1. The zero-order chi connectivity index (χ0) is 10.7. The molecule has 6 heteroatoms. The Hall–Kier alpha value is -1.43. The molecule has 0 saturated heterocycles. The number of nitrogens with zero attached hydrogens (tertiary/aromatic N) is 1. The van der Waals surface area contributed by atoms with E-state index in [9.17, 15) is 9.70 Å². The fraction of sp³-hybridized carbons (Fsp3) is 0.125. The van der Waals surface area contributed by atoms with Crippen molar-refractivity contribution in [2.45, 2.75) is 5.33 Å². The van der Waals surface area contributed by atoms with Gasteiger partial charge in [-0.05, 0) is 6.07 Å². The van der Waals surface area contributed by atoms with E-state index in [4.69, 9.17) is 10.3 Å². The molecule has 0 aromatic heterocycles. The van der Waals surface area contributed by atoms with Crippen LogP contribution in [0.2, 0.25) is 0 Å². The number of benzene rings is 1. The molecule has 74 valence electrons. The van der Waals surface area contributed by atoms with Gasteiger partial charge < -0.3 is 5.11 Å². The zero-order valence-corrected chi connectivity index (χ0v) is 8.56. The molecule has 1 rings (SSSR count). The molecule has 0 bridgehead atoms. The van der Waals surface area contributed by atoms with Gasteiger partial charge in [0.05, 0.1) is 10.5 Å². The second-order valence-corrected chi connectivity index (χ2v) is 3.12. The summed E-state index contributed by atoms with van der Waals surface area (Å²) < 4.78 is 0. The molecule has 0 saturated carbocycles. The monoisotopic (exact) mass is 260 g/mol. The SMILES string of the molecule is O=C(O)c1ccc(CBr)c([N+](=O)O)c1. The fourth-order valence-electron chi connectivity index (χ4n) is 0.988. The highest BCUT2D eigenvalue weighted by atomic mass is 79.9. The van der Waals surface area contributed by atoms with E-state index in [1.54, 1.807) is 0 Å². The Labute approximate surface area is 87.6 Å². The van der Waals surface area contributed by atoms with E-state index in [1.165, 1.54) is 12.1 Å². The van der Waals surface area contributed by atoms with Crippen LogP contribution in [0.3, 0.4) is 0 Å². The van der Waals surface area contributed by atoms with Crippen LogP contribution in [-0.2, 0) is 5.33 Å². The summed E-state index contributed by atoms with van der Waals surface area (Å²) >= 11 is 3.11. The van der Waals surface area contributed by atoms with Crippen LogP contribution in [0.15, 0.2) is 18.2 Å². The minimum Gasteiger partial charge on any atom is -0.478 e. The van der Waals surface area contributed by atoms with Crippen LogP contribution < -0.4 is 0 Å². The molecule has 1 aromatic rings. The van der Waals surface area contributed by atoms with E-state index in [0.717, 1.165) is 6.07 Å². The van der Waals surface area contributed by atoms with Crippen molar-refractivity contribution in [1.82, 2.24) is 0 Å². The molecule has 0 spiro atoms. The molecule has 0 heterocycles. The molecule has 0 unspecified atom stereocenters.